The number of fused-ring (bicyclic) bond motifs is 3. The van der Waals surface area contributed by atoms with Crippen molar-refractivity contribution in [3.63, 3.8) is 0 Å². The SMILES string of the molecule is COc1ccc(CN(Cc2ccc(OC)cc2)S(=O)(=O)[C@H](C)[C@@H](C)C/C=C(\F)[C@@H](CO)N2CC[C@H]2CN2C[C@@]3(CCCc4cc(Cl)ccc43)COc3ccc(I)cc32)cc1. The number of methoxy groups -OCH3 is 2. The van der Waals surface area contributed by atoms with Crippen LogP contribution in [0.3, 0.4) is 0 Å². The minimum absolute atomic E-state index is 0.00311. The van der Waals surface area contributed by atoms with Crippen LogP contribution in [0, 0.1) is 9.49 Å². The number of hydrogen-bond donors (Lipinski definition) is 1. The van der Waals surface area contributed by atoms with Gasteiger partial charge in [-0.25, -0.2) is 12.8 Å². The van der Waals surface area contributed by atoms with Crippen LogP contribution < -0.4 is 19.1 Å². The van der Waals surface area contributed by atoms with Crippen molar-refractivity contribution in [2.75, 3.05) is 52.0 Å². The van der Waals surface area contributed by atoms with Crippen molar-refractivity contribution < 1.29 is 32.1 Å². The average Bonchev–Trinajstić information content (AvgIpc) is 3.39. The summed E-state index contributed by atoms with van der Waals surface area (Å²) in [5.74, 6) is 1.37. The zero-order valence-electron chi connectivity index (χ0n) is 34.8. The Morgan fingerprint density at radius 1 is 1.02 bits per heavy atom. The number of ether oxygens (including phenoxy) is 3. The van der Waals surface area contributed by atoms with Gasteiger partial charge in [0.25, 0.3) is 0 Å². The van der Waals surface area contributed by atoms with Crippen molar-refractivity contribution in [1.29, 1.82) is 0 Å². The van der Waals surface area contributed by atoms with Crippen LogP contribution in [0.1, 0.15) is 61.8 Å². The molecule has 0 amide bonds. The molecule has 0 aromatic heterocycles. The first-order valence-corrected chi connectivity index (χ1v) is 23.7. The maximum Gasteiger partial charge on any atom is 0.217 e. The minimum Gasteiger partial charge on any atom is -0.497 e. The molecule has 9 nitrogen and oxygen atoms in total. The molecule has 0 unspecified atom stereocenters. The van der Waals surface area contributed by atoms with E-state index in [4.69, 9.17) is 25.8 Å². The van der Waals surface area contributed by atoms with Crippen LogP contribution >= 0.6 is 34.2 Å². The summed E-state index contributed by atoms with van der Waals surface area (Å²) >= 11 is 8.79. The van der Waals surface area contributed by atoms with Crippen molar-refractivity contribution in [1.82, 2.24) is 9.21 Å². The molecule has 4 aromatic rings. The molecule has 5 atom stereocenters. The van der Waals surface area contributed by atoms with Crippen molar-refractivity contribution in [2.45, 2.75) is 81.8 Å². The van der Waals surface area contributed by atoms with E-state index in [1.807, 2.05) is 67.6 Å². The molecule has 7 rings (SSSR count). The second kappa shape index (κ2) is 19.3. The van der Waals surface area contributed by atoms with Gasteiger partial charge in [-0.05, 0) is 144 Å². The van der Waals surface area contributed by atoms with Gasteiger partial charge in [0.1, 0.15) is 23.1 Å². The lowest BCUT2D eigenvalue weighted by atomic mass is 9.70. The molecule has 4 aromatic carbocycles. The number of anilines is 1. The predicted molar refractivity (Wildman–Crippen MR) is 246 cm³/mol. The van der Waals surface area contributed by atoms with E-state index in [0.717, 1.165) is 63.4 Å². The first-order chi connectivity index (χ1) is 28.8. The number of nitrogens with zero attached hydrogens (tertiary/aromatic N) is 3. The van der Waals surface area contributed by atoms with E-state index in [-0.39, 0.29) is 37.6 Å². The lowest BCUT2D eigenvalue weighted by Crippen LogP contribution is -2.60. The molecule has 2 heterocycles. The lowest BCUT2D eigenvalue weighted by Gasteiger charge is -2.48. The summed E-state index contributed by atoms with van der Waals surface area (Å²) in [5.41, 5.74) is 5.00. The monoisotopic (exact) mass is 971 g/mol. The number of aliphatic hydroxyl groups excluding tert-OH is 1. The van der Waals surface area contributed by atoms with Gasteiger partial charge >= 0.3 is 0 Å². The van der Waals surface area contributed by atoms with Crippen molar-refractivity contribution in [2.24, 2.45) is 5.92 Å². The summed E-state index contributed by atoms with van der Waals surface area (Å²) in [6, 6.07) is 26.4. The number of benzene rings is 4. The fourth-order valence-electron chi connectivity index (χ4n) is 9.02. The van der Waals surface area contributed by atoms with Gasteiger partial charge in [-0.15, -0.1) is 0 Å². The molecule has 13 heteroatoms. The van der Waals surface area contributed by atoms with E-state index in [1.54, 1.807) is 21.1 Å². The van der Waals surface area contributed by atoms with Crippen molar-refractivity contribution >= 4 is 49.9 Å². The van der Waals surface area contributed by atoms with Crippen LogP contribution in [0.25, 0.3) is 0 Å². The summed E-state index contributed by atoms with van der Waals surface area (Å²) in [5, 5.41) is 10.6. The van der Waals surface area contributed by atoms with E-state index >= 15 is 4.39 Å². The van der Waals surface area contributed by atoms with Crippen LogP contribution in [0.4, 0.5) is 10.1 Å². The van der Waals surface area contributed by atoms with Crippen LogP contribution in [0.15, 0.2) is 96.8 Å². The molecule has 1 saturated heterocycles. The lowest BCUT2D eigenvalue weighted by molar-refractivity contribution is 0.0232. The van der Waals surface area contributed by atoms with Crippen LogP contribution in [-0.2, 0) is 34.9 Å². The van der Waals surface area contributed by atoms with Gasteiger partial charge in [-0.1, -0.05) is 54.9 Å². The molecule has 60 heavy (non-hydrogen) atoms. The highest BCUT2D eigenvalue weighted by atomic mass is 127. The largest absolute Gasteiger partial charge is 0.497 e. The van der Waals surface area contributed by atoms with E-state index in [2.05, 4.69) is 56.7 Å². The number of aryl methyl sites for hydroxylation is 1. The molecule has 0 saturated carbocycles. The summed E-state index contributed by atoms with van der Waals surface area (Å²) < 4.78 is 64.9. The molecule has 1 aliphatic carbocycles. The Balaban J connectivity index is 1.06. The van der Waals surface area contributed by atoms with Crippen molar-refractivity contribution in [3.8, 4) is 17.2 Å². The molecule has 2 aliphatic heterocycles. The van der Waals surface area contributed by atoms with Crippen LogP contribution in [0.5, 0.6) is 17.2 Å². The molecule has 322 valence electrons. The quantitative estimate of drug-likeness (QED) is 0.111. The minimum atomic E-state index is -3.86. The maximum absolute atomic E-state index is 16.3. The number of halogens is 3. The highest BCUT2D eigenvalue weighted by Gasteiger charge is 2.44. The van der Waals surface area contributed by atoms with Gasteiger partial charge in [0.05, 0.1) is 44.4 Å². The Hall–Kier alpha value is -3.40. The van der Waals surface area contributed by atoms with Gasteiger partial charge in [-0.3, -0.25) is 4.90 Å². The molecule has 0 radical (unpaired) electrons. The van der Waals surface area contributed by atoms with Gasteiger partial charge in [-0.2, -0.15) is 4.31 Å². The summed E-state index contributed by atoms with van der Waals surface area (Å²) in [4.78, 5) is 4.47. The second-order valence-corrected chi connectivity index (χ2v) is 20.6. The Morgan fingerprint density at radius 2 is 1.68 bits per heavy atom. The maximum atomic E-state index is 16.3. The summed E-state index contributed by atoms with van der Waals surface area (Å²) in [6.07, 6.45) is 5.56. The molecule has 1 spiro atoms. The van der Waals surface area contributed by atoms with E-state index in [9.17, 15) is 13.5 Å². The first kappa shape index (κ1) is 44.6. The second-order valence-electron chi connectivity index (χ2n) is 16.6. The van der Waals surface area contributed by atoms with Gasteiger partial charge in [0, 0.05) is 52.8 Å². The number of aliphatic hydroxyl groups is 1. The van der Waals surface area contributed by atoms with E-state index in [1.165, 1.54) is 21.5 Å². The van der Waals surface area contributed by atoms with Crippen LogP contribution in [-0.4, -0.2) is 87.1 Å². The van der Waals surface area contributed by atoms with E-state index in [0.29, 0.717) is 31.2 Å². The number of sulfonamides is 1. The average molecular weight is 972 g/mol. The highest BCUT2D eigenvalue weighted by molar-refractivity contribution is 14.1. The first-order valence-electron chi connectivity index (χ1n) is 20.8. The molecular weight excluding hydrogens is 916 g/mol. The third-order valence-electron chi connectivity index (χ3n) is 12.9. The third-order valence-corrected chi connectivity index (χ3v) is 16.2. The summed E-state index contributed by atoms with van der Waals surface area (Å²) in [7, 11) is -0.679. The number of allylic oxidation sites excluding steroid dienone is 1. The van der Waals surface area contributed by atoms with Crippen LogP contribution in [0.2, 0.25) is 5.02 Å². The number of hydrogen-bond acceptors (Lipinski definition) is 8. The van der Waals surface area contributed by atoms with Crippen molar-refractivity contribution in [3.05, 3.63) is 128 Å². The van der Waals surface area contributed by atoms with Gasteiger partial charge in [0.15, 0.2) is 0 Å². The standard InChI is InChI=1S/C47H56ClFIN3O6S/c1-32(33(2)60(55,56)52(26-34-8-14-40(57-3)15-9-34)27-35-10-16-41(58-4)17-11-35)7-19-43(49)45(29-54)53-23-21-39(53)28-51-30-47(31-59-46-20-13-38(50)25-44(46)51)22-5-6-36-24-37(48)12-18-42(36)47/h8-20,24-25,32-33,39,45,54H,5-7,21-23,26-31H2,1-4H3/b43-19-/t32-,33+,39-,45+,47-/m0/s1. The van der Waals surface area contributed by atoms with Gasteiger partial charge < -0.3 is 24.2 Å². The Labute approximate surface area is 373 Å². The Kier molecular flexibility index (Phi) is 14.4. The Bertz CT molecular complexity index is 2200. The molecule has 1 fully saturated rings. The fraction of sp³-hybridized carbons (Fsp3) is 0.447. The molecular formula is C47H56ClFIN3O6S. The number of likely N-dealkylation sites (tertiary alicyclic amines) is 1. The highest BCUT2D eigenvalue weighted by Crippen LogP contribution is 2.45. The summed E-state index contributed by atoms with van der Waals surface area (Å²) in [6.45, 7) is 6.10. The zero-order chi connectivity index (χ0) is 42.6. The third kappa shape index (κ3) is 9.79. The van der Waals surface area contributed by atoms with E-state index < -0.39 is 33.1 Å². The molecule has 0 bridgehead atoms. The Morgan fingerprint density at radius 3 is 2.28 bits per heavy atom. The molecule has 3 aliphatic rings. The predicted octanol–water partition coefficient (Wildman–Crippen LogP) is 9.17. The molecule has 1 N–H and O–H groups in total. The normalized spacial score (nSPS) is 21.0. The topological polar surface area (TPSA) is 91.8 Å². The fourth-order valence-corrected chi connectivity index (χ4v) is 11.5. The van der Waals surface area contributed by atoms with Gasteiger partial charge in [0.2, 0.25) is 10.0 Å². The smallest absolute Gasteiger partial charge is 0.217 e. The number of rotatable bonds is 16. The zero-order valence-corrected chi connectivity index (χ0v) is 38.6.